The number of aromatic nitrogens is 1. The minimum atomic E-state index is -0.474. The van der Waals surface area contributed by atoms with Crippen LogP contribution in [-0.2, 0) is 20.5 Å². The predicted molar refractivity (Wildman–Crippen MR) is 110 cm³/mol. The van der Waals surface area contributed by atoms with Crippen LogP contribution in [0.5, 0.6) is 5.75 Å². The van der Waals surface area contributed by atoms with Gasteiger partial charge >= 0.3 is 7.12 Å². The van der Waals surface area contributed by atoms with Crippen molar-refractivity contribution in [2.45, 2.75) is 52.2 Å². The molecule has 0 radical (unpaired) electrons. The Hall–Kier alpha value is -2.38. The highest BCUT2D eigenvalue weighted by molar-refractivity contribution is 6.62. The lowest BCUT2D eigenvalue weighted by molar-refractivity contribution is -0.115. The highest BCUT2D eigenvalue weighted by atomic mass is 16.7. The number of nitrogens with zero attached hydrogens (tertiary/aromatic N) is 1. The third kappa shape index (κ3) is 3.91. The lowest BCUT2D eigenvalue weighted by Crippen LogP contribution is -2.41. The Bertz CT molecular complexity index is 866. The lowest BCUT2D eigenvalue weighted by Gasteiger charge is -2.32. The van der Waals surface area contributed by atoms with Crippen LogP contribution in [0.1, 0.15) is 39.0 Å². The van der Waals surface area contributed by atoms with Crippen molar-refractivity contribution in [3.8, 4) is 5.75 Å². The number of anilines is 1. The maximum Gasteiger partial charge on any atom is 0.495 e. The van der Waals surface area contributed by atoms with Crippen LogP contribution in [0.2, 0.25) is 0 Å². The van der Waals surface area contributed by atoms with Crippen LogP contribution in [0.25, 0.3) is 0 Å². The van der Waals surface area contributed by atoms with Crippen molar-refractivity contribution in [2.75, 3.05) is 12.4 Å². The summed E-state index contributed by atoms with van der Waals surface area (Å²) >= 11 is 0. The van der Waals surface area contributed by atoms with E-state index in [1.807, 2.05) is 52.8 Å². The van der Waals surface area contributed by atoms with E-state index >= 15 is 0 Å². The number of carbonyl (C=O) groups is 1. The number of methoxy groups -OCH3 is 1. The van der Waals surface area contributed by atoms with Gasteiger partial charge in [-0.2, -0.15) is 0 Å². The number of benzene rings is 1. The summed E-state index contributed by atoms with van der Waals surface area (Å²) in [4.78, 5) is 16.8. The fraction of sp³-hybridized carbons (Fsp3) is 0.429. The molecule has 1 saturated heterocycles. The highest BCUT2D eigenvalue weighted by Crippen LogP contribution is 2.37. The quantitative estimate of drug-likeness (QED) is 0.806. The molecule has 1 aromatic heterocycles. The Labute approximate surface area is 166 Å². The summed E-state index contributed by atoms with van der Waals surface area (Å²) in [6.45, 7) is 10.0. The lowest BCUT2D eigenvalue weighted by atomic mass is 9.76. The molecule has 0 aliphatic carbocycles. The average Bonchev–Trinajstić information content (AvgIpc) is 2.84. The molecule has 0 saturated carbocycles. The number of ether oxygens (including phenoxy) is 1. The third-order valence-electron chi connectivity index (χ3n) is 5.55. The largest absolute Gasteiger partial charge is 0.495 e. The second-order valence-corrected chi connectivity index (χ2v) is 7.99. The van der Waals surface area contributed by atoms with Gasteiger partial charge in [0, 0.05) is 11.9 Å². The van der Waals surface area contributed by atoms with Crippen molar-refractivity contribution >= 4 is 24.2 Å². The van der Waals surface area contributed by atoms with Crippen molar-refractivity contribution in [2.24, 2.45) is 0 Å². The molecule has 6 nitrogen and oxygen atoms in total. The van der Waals surface area contributed by atoms with E-state index in [4.69, 9.17) is 14.0 Å². The second-order valence-electron chi connectivity index (χ2n) is 7.99. The number of hydrogen-bond donors (Lipinski definition) is 1. The van der Waals surface area contributed by atoms with E-state index < -0.39 is 18.3 Å². The molecule has 7 heteroatoms. The van der Waals surface area contributed by atoms with Gasteiger partial charge < -0.3 is 19.4 Å². The molecule has 0 spiro atoms. The number of nitrogens with one attached hydrogen (secondary N) is 1. The zero-order valence-corrected chi connectivity index (χ0v) is 17.3. The van der Waals surface area contributed by atoms with E-state index in [-0.39, 0.29) is 12.3 Å². The molecule has 3 rings (SSSR count). The normalized spacial score (nSPS) is 17.4. The molecule has 148 valence electrons. The first-order valence-electron chi connectivity index (χ1n) is 9.37. The van der Waals surface area contributed by atoms with Crippen molar-refractivity contribution < 1.29 is 18.8 Å². The molecule has 28 heavy (non-hydrogen) atoms. The Balaban J connectivity index is 1.78. The van der Waals surface area contributed by atoms with Crippen LogP contribution in [0.15, 0.2) is 36.5 Å². The van der Waals surface area contributed by atoms with Crippen molar-refractivity contribution in [3.05, 3.63) is 47.8 Å². The summed E-state index contributed by atoms with van der Waals surface area (Å²) in [6.07, 6.45) is 1.78. The topological polar surface area (TPSA) is 69.7 Å². The Morgan fingerprint density at radius 3 is 2.46 bits per heavy atom. The molecule has 1 N–H and O–H groups in total. The molecule has 1 amide bonds. The summed E-state index contributed by atoms with van der Waals surface area (Å²) < 4.78 is 17.6. The summed E-state index contributed by atoms with van der Waals surface area (Å²) in [5.41, 5.74) is 2.32. The molecular weight excluding hydrogens is 355 g/mol. The van der Waals surface area contributed by atoms with Crippen LogP contribution in [0.3, 0.4) is 0 Å². The van der Waals surface area contributed by atoms with E-state index in [1.54, 1.807) is 25.4 Å². The Kier molecular flexibility index (Phi) is 5.50. The fourth-order valence-corrected chi connectivity index (χ4v) is 3.10. The van der Waals surface area contributed by atoms with Gasteiger partial charge in [-0.3, -0.25) is 9.78 Å². The van der Waals surface area contributed by atoms with Crippen LogP contribution in [0, 0.1) is 6.92 Å². The average molecular weight is 382 g/mol. The van der Waals surface area contributed by atoms with Crippen LogP contribution < -0.4 is 15.5 Å². The molecule has 0 atom stereocenters. The van der Waals surface area contributed by atoms with Gasteiger partial charge in [0.15, 0.2) is 0 Å². The molecule has 2 aromatic rings. The molecule has 1 fully saturated rings. The highest BCUT2D eigenvalue weighted by Gasteiger charge is 2.52. The van der Waals surface area contributed by atoms with E-state index in [2.05, 4.69) is 10.3 Å². The monoisotopic (exact) mass is 382 g/mol. The van der Waals surface area contributed by atoms with Gasteiger partial charge in [-0.05, 0) is 63.8 Å². The van der Waals surface area contributed by atoms with Gasteiger partial charge in [0.25, 0.3) is 0 Å². The maximum absolute atomic E-state index is 12.6. The maximum atomic E-state index is 12.6. The SMILES string of the molecule is COc1cccnc1CC(=O)Nc1cccc(B2OC(C)(C)C(C)(C)O2)c1C. The molecule has 0 unspecified atom stereocenters. The molecule has 2 heterocycles. The van der Waals surface area contributed by atoms with E-state index in [0.717, 1.165) is 16.7 Å². The summed E-state index contributed by atoms with van der Waals surface area (Å²) in [7, 11) is 1.09. The first-order chi connectivity index (χ1) is 13.1. The van der Waals surface area contributed by atoms with Gasteiger partial charge in [0.1, 0.15) is 5.75 Å². The molecule has 0 bridgehead atoms. The van der Waals surface area contributed by atoms with Crippen LogP contribution in [-0.4, -0.2) is 36.3 Å². The smallest absolute Gasteiger partial charge is 0.495 e. The first kappa shape index (κ1) is 20.4. The Morgan fingerprint density at radius 2 is 1.82 bits per heavy atom. The first-order valence-corrected chi connectivity index (χ1v) is 9.37. The summed E-state index contributed by atoms with van der Waals surface area (Å²) in [5, 5.41) is 2.97. The van der Waals surface area contributed by atoms with E-state index in [1.165, 1.54) is 0 Å². The number of hydrogen-bond acceptors (Lipinski definition) is 5. The second kappa shape index (κ2) is 7.56. The van der Waals surface area contributed by atoms with Gasteiger partial charge in [-0.15, -0.1) is 0 Å². The standard InChI is InChI=1S/C21H27BN2O4/c1-14-15(22-27-20(2,3)21(4,5)28-22)9-7-10-16(14)24-19(25)13-17-18(26-6)11-8-12-23-17/h7-12H,13H2,1-6H3,(H,24,25). The Morgan fingerprint density at radius 1 is 1.14 bits per heavy atom. The van der Waals surface area contributed by atoms with Crippen molar-refractivity contribution in [1.29, 1.82) is 0 Å². The number of rotatable bonds is 5. The van der Waals surface area contributed by atoms with Crippen LogP contribution in [0.4, 0.5) is 5.69 Å². The van der Waals surface area contributed by atoms with Crippen LogP contribution >= 0.6 is 0 Å². The van der Waals surface area contributed by atoms with Gasteiger partial charge in [0.2, 0.25) is 5.91 Å². The minimum absolute atomic E-state index is 0.129. The van der Waals surface area contributed by atoms with Gasteiger partial charge in [0.05, 0.1) is 30.4 Å². The number of carbonyl (C=O) groups excluding carboxylic acids is 1. The van der Waals surface area contributed by atoms with Crippen molar-refractivity contribution in [1.82, 2.24) is 4.98 Å². The van der Waals surface area contributed by atoms with Crippen molar-refractivity contribution in [3.63, 3.8) is 0 Å². The number of amides is 1. The summed E-state index contributed by atoms with van der Waals surface area (Å²) in [6, 6.07) is 9.30. The van der Waals surface area contributed by atoms with Gasteiger partial charge in [-0.25, -0.2) is 0 Å². The third-order valence-corrected chi connectivity index (χ3v) is 5.55. The van der Waals surface area contributed by atoms with E-state index in [9.17, 15) is 4.79 Å². The molecule has 1 aliphatic heterocycles. The number of pyridine rings is 1. The molecular formula is C21H27BN2O4. The zero-order valence-electron chi connectivity index (χ0n) is 17.3. The predicted octanol–water partition coefficient (Wildman–Crippen LogP) is 2.88. The molecule has 1 aliphatic rings. The zero-order chi connectivity index (χ0) is 20.5. The van der Waals surface area contributed by atoms with Gasteiger partial charge in [-0.1, -0.05) is 12.1 Å². The summed E-state index contributed by atoms with van der Waals surface area (Å²) in [5.74, 6) is 0.437. The minimum Gasteiger partial charge on any atom is -0.495 e. The molecule has 1 aromatic carbocycles. The van der Waals surface area contributed by atoms with E-state index in [0.29, 0.717) is 11.4 Å². The fourth-order valence-electron chi connectivity index (χ4n) is 3.10.